The maximum Gasteiger partial charge on any atom is 0.166 e. The molecule has 2 rings (SSSR count). The second-order valence-electron chi connectivity index (χ2n) is 3.98. The summed E-state index contributed by atoms with van der Waals surface area (Å²) < 4.78 is 5.03. The van der Waals surface area contributed by atoms with Crippen molar-refractivity contribution in [3.8, 4) is 11.5 Å². The molecule has 0 bridgehead atoms. The van der Waals surface area contributed by atoms with Crippen LogP contribution in [0.1, 0.15) is 11.1 Å². The Kier molecular flexibility index (Phi) is 4.39. The van der Waals surface area contributed by atoms with Crippen LogP contribution in [0.4, 0.5) is 0 Å². The molecule has 2 N–H and O–H groups in total. The van der Waals surface area contributed by atoms with Gasteiger partial charge < -0.3 is 15.3 Å². The van der Waals surface area contributed by atoms with Crippen LogP contribution in [0, 0.1) is 0 Å². The fourth-order valence-electron chi connectivity index (χ4n) is 1.66. The summed E-state index contributed by atoms with van der Waals surface area (Å²) in [7, 11) is 1.52. The molecule has 0 aliphatic heterocycles. The van der Waals surface area contributed by atoms with E-state index in [2.05, 4.69) is 10.5 Å². The molecule has 0 aromatic heterocycles. The molecule has 0 atom stereocenters. The van der Waals surface area contributed by atoms with E-state index in [1.807, 2.05) is 30.3 Å². The number of nitrogens with zero attached hydrogens (tertiary/aromatic N) is 1. The topological polar surface area (TPSA) is 53.8 Å². The van der Waals surface area contributed by atoms with Crippen LogP contribution in [-0.4, -0.2) is 18.4 Å². The highest BCUT2D eigenvalue weighted by Crippen LogP contribution is 2.27. The molecule has 0 unspecified atom stereocenters. The van der Waals surface area contributed by atoms with Crippen molar-refractivity contribution in [2.75, 3.05) is 7.11 Å². The molecule has 0 aliphatic carbocycles. The van der Waals surface area contributed by atoms with Crippen molar-refractivity contribution < 1.29 is 9.84 Å². The van der Waals surface area contributed by atoms with Crippen molar-refractivity contribution in [3.05, 3.63) is 59.7 Å². The number of benzene rings is 2. The van der Waals surface area contributed by atoms with Gasteiger partial charge in [-0.25, -0.2) is 0 Å². The van der Waals surface area contributed by atoms with Gasteiger partial charge in [0.15, 0.2) is 11.5 Å². The molecule has 98 valence electrons. The second-order valence-corrected chi connectivity index (χ2v) is 3.98. The molecule has 0 amide bonds. The zero-order valence-corrected chi connectivity index (χ0v) is 10.7. The summed E-state index contributed by atoms with van der Waals surface area (Å²) in [6, 6.07) is 15.2. The van der Waals surface area contributed by atoms with Crippen LogP contribution in [0.3, 0.4) is 0 Å². The third kappa shape index (κ3) is 3.48. The third-order valence-corrected chi connectivity index (χ3v) is 2.67. The molecule has 0 spiro atoms. The summed E-state index contributed by atoms with van der Waals surface area (Å²) in [4.78, 5) is 0. The average molecular weight is 256 g/mol. The highest BCUT2D eigenvalue weighted by atomic mass is 16.5. The Morgan fingerprint density at radius 2 is 1.95 bits per heavy atom. The van der Waals surface area contributed by atoms with E-state index in [9.17, 15) is 5.11 Å². The van der Waals surface area contributed by atoms with Gasteiger partial charge in [0.25, 0.3) is 0 Å². The van der Waals surface area contributed by atoms with Crippen LogP contribution in [-0.2, 0) is 6.54 Å². The minimum absolute atomic E-state index is 0.0928. The van der Waals surface area contributed by atoms with Crippen LogP contribution in [0.2, 0.25) is 0 Å². The number of para-hydroxylation sites is 1. The van der Waals surface area contributed by atoms with Crippen LogP contribution in [0.15, 0.2) is 53.6 Å². The third-order valence-electron chi connectivity index (χ3n) is 2.67. The normalized spacial score (nSPS) is 10.6. The molecule has 4 heteroatoms. The first-order chi connectivity index (χ1) is 9.31. The first kappa shape index (κ1) is 13.0. The molecule has 0 saturated carbocycles. The molecular formula is C15H16N2O2. The number of phenols is 1. The smallest absolute Gasteiger partial charge is 0.166 e. The minimum Gasteiger partial charge on any atom is -0.504 e. The van der Waals surface area contributed by atoms with Crippen LogP contribution >= 0.6 is 0 Å². The van der Waals surface area contributed by atoms with Gasteiger partial charge in [-0.2, -0.15) is 5.10 Å². The predicted molar refractivity (Wildman–Crippen MR) is 75.5 cm³/mol. The van der Waals surface area contributed by atoms with Crippen molar-refractivity contribution >= 4 is 6.21 Å². The van der Waals surface area contributed by atoms with E-state index in [1.54, 1.807) is 24.4 Å². The molecular weight excluding hydrogens is 240 g/mol. The fourth-order valence-corrected chi connectivity index (χ4v) is 1.66. The molecule has 0 heterocycles. The minimum atomic E-state index is 0.0928. The Bertz CT molecular complexity index is 553. The Morgan fingerprint density at radius 1 is 1.16 bits per heavy atom. The lowest BCUT2D eigenvalue weighted by Gasteiger charge is -2.05. The van der Waals surface area contributed by atoms with Gasteiger partial charge in [0, 0.05) is 5.56 Å². The highest BCUT2D eigenvalue weighted by Gasteiger charge is 2.04. The van der Waals surface area contributed by atoms with E-state index >= 15 is 0 Å². The van der Waals surface area contributed by atoms with Crippen molar-refractivity contribution in [1.82, 2.24) is 5.43 Å². The van der Waals surface area contributed by atoms with Gasteiger partial charge in [-0.15, -0.1) is 0 Å². The molecule has 0 fully saturated rings. The van der Waals surface area contributed by atoms with Crippen LogP contribution < -0.4 is 10.2 Å². The molecule has 0 radical (unpaired) electrons. The van der Waals surface area contributed by atoms with Gasteiger partial charge in [-0.05, 0) is 17.7 Å². The monoisotopic (exact) mass is 256 g/mol. The predicted octanol–water partition coefficient (Wildman–Crippen LogP) is 2.52. The van der Waals surface area contributed by atoms with Gasteiger partial charge in [0.05, 0.1) is 19.9 Å². The molecule has 4 nitrogen and oxygen atoms in total. The summed E-state index contributed by atoms with van der Waals surface area (Å²) in [5.41, 5.74) is 4.69. The van der Waals surface area contributed by atoms with Gasteiger partial charge in [-0.3, -0.25) is 0 Å². The number of phenolic OH excluding ortho intramolecular Hbond substituents is 1. The summed E-state index contributed by atoms with van der Waals surface area (Å²) in [5, 5.41) is 13.9. The first-order valence-electron chi connectivity index (χ1n) is 5.97. The quantitative estimate of drug-likeness (QED) is 0.638. The molecule has 0 aliphatic rings. The zero-order chi connectivity index (χ0) is 13.5. The number of ether oxygens (including phenoxy) is 1. The lowest BCUT2D eigenvalue weighted by atomic mass is 10.2. The van der Waals surface area contributed by atoms with E-state index in [-0.39, 0.29) is 5.75 Å². The zero-order valence-electron chi connectivity index (χ0n) is 10.7. The standard InChI is InChI=1S/C15H16N2O2/c1-19-14-9-5-8-13(15(14)18)11-17-16-10-12-6-3-2-4-7-12/h2-9,11,16,18H,10H2,1H3/b17-11+. The molecule has 19 heavy (non-hydrogen) atoms. The van der Waals surface area contributed by atoms with Crippen LogP contribution in [0.5, 0.6) is 11.5 Å². The number of nitrogens with one attached hydrogen (secondary N) is 1. The second kappa shape index (κ2) is 6.44. The molecule has 2 aromatic carbocycles. The Hall–Kier alpha value is -2.49. The lowest BCUT2D eigenvalue weighted by Crippen LogP contribution is -2.05. The Morgan fingerprint density at radius 3 is 2.68 bits per heavy atom. The van der Waals surface area contributed by atoms with E-state index < -0.39 is 0 Å². The number of hydrazone groups is 1. The fraction of sp³-hybridized carbons (Fsp3) is 0.133. The van der Waals surface area contributed by atoms with E-state index in [4.69, 9.17) is 4.74 Å². The van der Waals surface area contributed by atoms with Crippen molar-refractivity contribution in [2.24, 2.45) is 5.10 Å². The van der Waals surface area contributed by atoms with Crippen molar-refractivity contribution in [3.63, 3.8) is 0 Å². The van der Waals surface area contributed by atoms with Gasteiger partial charge >= 0.3 is 0 Å². The number of hydrogen-bond donors (Lipinski definition) is 2. The average Bonchev–Trinajstić information content (AvgIpc) is 2.46. The van der Waals surface area contributed by atoms with E-state index in [0.717, 1.165) is 5.56 Å². The first-order valence-corrected chi connectivity index (χ1v) is 5.97. The summed E-state index contributed by atoms with van der Waals surface area (Å²) >= 11 is 0. The Labute approximate surface area is 112 Å². The summed E-state index contributed by atoms with van der Waals surface area (Å²) in [5.74, 6) is 0.530. The number of rotatable bonds is 5. The number of hydrogen-bond acceptors (Lipinski definition) is 4. The van der Waals surface area contributed by atoms with Crippen molar-refractivity contribution in [1.29, 1.82) is 0 Å². The largest absolute Gasteiger partial charge is 0.504 e. The number of aromatic hydroxyl groups is 1. The van der Waals surface area contributed by atoms with E-state index in [0.29, 0.717) is 17.9 Å². The van der Waals surface area contributed by atoms with Gasteiger partial charge in [0.2, 0.25) is 0 Å². The van der Waals surface area contributed by atoms with Gasteiger partial charge in [-0.1, -0.05) is 36.4 Å². The van der Waals surface area contributed by atoms with Crippen LogP contribution in [0.25, 0.3) is 0 Å². The number of methoxy groups -OCH3 is 1. The summed E-state index contributed by atoms with van der Waals surface area (Å²) in [6.45, 7) is 0.641. The van der Waals surface area contributed by atoms with Crippen molar-refractivity contribution in [2.45, 2.75) is 6.54 Å². The maximum absolute atomic E-state index is 9.86. The Balaban J connectivity index is 1.96. The van der Waals surface area contributed by atoms with Gasteiger partial charge in [0.1, 0.15) is 0 Å². The SMILES string of the molecule is COc1cccc(/C=N/NCc2ccccc2)c1O. The summed E-state index contributed by atoms with van der Waals surface area (Å²) in [6.07, 6.45) is 1.57. The molecule has 2 aromatic rings. The highest BCUT2D eigenvalue weighted by molar-refractivity contribution is 5.84. The lowest BCUT2D eigenvalue weighted by molar-refractivity contribution is 0.373. The molecule has 0 saturated heterocycles. The maximum atomic E-state index is 9.86. The van der Waals surface area contributed by atoms with E-state index in [1.165, 1.54) is 7.11 Å².